The van der Waals surface area contributed by atoms with Crippen molar-refractivity contribution in [2.45, 2.75) is 22.3 Å². The average Bonchev–Trinajstić information content (AvgIpc) is 3.22. The molecule has 0 fully saturated rings. The zero-order chi connectivity index (χ0) is 30.5. The van der Waals surface area contributed by atoms with Gasteiger partial charge in [0.1, 0.15) is 27.9 Å². The molecule has 2 aliphatic rings. The molecule has 14 heteroatoms. The van der Waals surface area contributed by atoms with E-state index in [4.69, 9.17) is 9.47 Å². The van der Waals surface area contributed by atoms with Crippen LogP contribution in [-0.4, -0.2) is 30.4 Å². The number of carbonyl (C=O) groups is 2. The van der Waals surface area contributed by atoms with E-state index in [1.165, 1.54) is 30.3 Å². The summed E-state index contributed by atoms with van der Waals surface area (Å²) in [6.45, 7) is 0.774. The van der Waals surface area contributed by atoms with Crippen LogP contribution in [-0.2, 0) is 20.2 Å². The molecular formula is C28H13F5O8S. The number of esters is 1. The number of benzene rings is 4. The third kappa shape index (κ3) is 3.35. The van der Waals surface area contributed by atoms with Crippen molar-refractivity contribution >= 4 is 21.6 Å². The predicted octanol–water partition coefficient (Wildman–Crippen LogP) is 5.40. The zero-order valence-electron chi connectivity index (χ0n) is 20.8. The topological polar surface area (TPSA) is 127 Å². The van der Waals surface area contributed by atoms with Crippen LogP contribution in [0.3, 0.4) is 0 Å². The van der Waals surface area contributed by atoms with Crippen molar-refractivity contribution in [1.82, 2.24) is 0 Å². The molecular weight excluding hydrogens is 591 g/mol. The van der Waals surface area contributed by atoms with Crippen molar-refractivity contribution in [1.29, 1.82) is 0 Å². The summed E-state index contributed by atoms with van der Waals surface area (Å²) in [5.74, 6) is -17.8. The van der Waals surface area contributed by atoms with Crippen LogP contribution in [0.5, 0.6) is 23.0 Å². The summed E-state index contributed by atoms with van der Waals surface area (Å²) >= 11 is 0. The van der Waals surface area contributed by atoms with Gasteiger partial charge in [0, 0.05) is 23.3 Å². The molecule has 0 radical (unpaired) electrons. The number of ketones is 1. The van der Waals surface area contributed by atoms with E-state index in [-0.39, 0.29) is 28.2 Å². The summed E-state index contributed by atoms with van der Waals surface area (Å²) in [5.41, 5.74) is -4.56. The Hall–Kier alpha value is -4.98. The second kappa shape index (κ2) is 8.76. The summed E-state index contributed by atoms with van der Waals surface area (Å²) in [6.07, 6.45) is 0. The summed E-state index contributed by atoms with van der Waals surface area (Å²) in [7, 11) is -5.99. The van der Waals surface area contributed by atoms with Crippen LogP contribution >= 0.6 is 0 Å². The van der Waals surface area contributed by atoms with Crippen molar-refractivity contribution in [3.8, 4) is 23.0 Å². The molecule has 1 spiro atoms. The van der Waals surface area contributed by atoms with Gasteiger partial charge >= 0.3 is 5.97 Å². The van der Waals surface area contributed by atoms with Crippen molar-refractivity contribution in [2.24, 2.45) is 0 Å². The minimum absolute atomic E-state index is 0.0551. The maximum Gasteiger partial charge on any atom is 0.340 e. The van der Waals surface area contributed by atoms with Crippen LogP contribution in [0.4, 0.5) is 22.0 Å². The molecule has 0 saturated carbocycles. The molecule has 1 unspecified atom stereocenters. The number of sulfone groups is 1. The van der Waals surface area contributed by atoms with Gasteiger partial charge in [0.2, 0.25) is 15.7 Å². The molecule has 0 aliphatic carbocycles. The smallest absolute Gasteiger partial charge is 0.340 e. The molecule has 2 N–H and O–H groups in total. The number of Topliss-reactive ketones (excluding diaryl/α,β-unsaturated/α-hetero) is 1. The second-order valence-electron chi connectivity index (χ2n) is 9.33. The maximum absolute atomic E-state index is 15.0. The number of halogens is 5. The van der Waals surface area contributed by atoms with Gasteiger partial charge in [0.25, 0.3) is 0 Å². The highest BCUT2D eigenvalue weighted by Crippen LogP contribution is 2.60. The lowest BCUT2D eigenvalue weighted by molar-refractivity contribution is 0.0214. The summed E-state index contributed by atoms with van der Waals surface area (Å²) in [6, 6.07) is 9.64. The molecule has 0 bridgehead atoms. The maximum atomic E-state index is 15.0. The third-order valence-corrected chi connectivity index (χ3v) is 8.81. The Kier molecular flexibility index (Phi) is 5.67. The molecule has 1 atom stereocenters. The molecule has 0 amide bonds. The quantitative estimate of drug-likeness (QED) is 0.0796. The SMILES string of the molecule is CC(=O)c1c(O)cc2c(c1S(=O)(=O)c1c(F)c(F)c(F)c(F)c1F)C1(OC(=O)c3ccccc31)c1ccc(O)cc1O2. The van der Waals surface area contributed by atoms with Crippen molar-refractivity contribution in [2.75, 3.05) is 0 Å². The van der Waals surface area contributed by atoms with Gasteiger partial charge in [-0.1, -0.05) is 18.2 Å². The van der Waals surface area contributed by atoms with Crippen LogP contribution < -0.4 is 4.74 Å². The first-order chi connectivity index (χ1) is 19.7. The predicted molar refractivity (Wildman–Crippen MR) is 130 cm³/mol. The van der Waals surface area contributed by atoms with Crippen LogP contribution in [0.1, 0.15) is 44.3 Å². The third-order valence-electron chi connectivity index (χ3n) is 6.97. The number of hydrogen-bond donors (Lipinski definition) is 2. The van der Waals surface area contributed by atoms with Gasteiger partial charge in [-0.05, 0) is 25.1 Å². The van der Waals surface area contributed by atoms with E-state index in [0.29, 0.717) is 0 Å². The zero-order valence-corrected chi connectivity index (χ0v) is 21.6. The van der Waals surface area contributed by atoms with Crippen molar-refractivity contribution in [3.05, 3.63) is 105 Å². The van der Waals surface area contributed by atoms with Crippen LogP contribution in [0.2, 0.25) is 0 Å². The molecule has 0 saturated heterocycles. The fourth-order valence-electron chi connectivity index (χ4n) is 5.31. The van der Waals surface area contributed by atoms with Gasteiger partial charge in [-0.15, -0.1) is 0 Å². The number of hydrogen-bond acceptors (Lipinski definition) is 8. The monoisotopic (exact) mass is 604 g/mol. The Morgan fingerprint density at radius 1 is 0.810 bits per heavy atom. The summed E-state index contributed by atoms with van der Waals surface area (Å²) in [4.78, 5) is 22.2. The lowest BCUT2D eigenvalue weighted by atomic mass is 9.77. The number of fused-ring (bicyclic) bond motifs is 6. The molecule has 4 aromatic rings. The number of carbonyl (C=O) groups excluding carboxylic acids is 2. The van der Waals surface area contributed by atoms with Crippen molar-refractivity contribution in [3.63, 3.8) is 0 Å². The fraction of sp³-hybridized carbons (Fsp3) is 0.0714. The minimum Gasteiger partial charge on any atom is -0.508 e. The van der Waals surface area contributed by atoms with E-state index in [1.54, 1.807) is 0 Å². The molecule has 2 aliphatic heterocycles. The number of aromatic hydroxyl groups is 2. The Bertz CT molecular complexity index is 2010. The van der Waals surface area contributed by atoms with E-state index in [2.05, 4.69) is 0 Å². The number of rotatable bonds is 3. The van der Waals surface area contributed by atoms with Gasteiger partial charge < -0.3 is 19.7 Å². The number of ether oxygens (including phenoxy) is 2. The largest absolute Gasteiger partial charge is 0.508 e. The van der Waals surface area contributed by atoms with Gasteiger partial charge in [-0.25, -0.2) is 35.2 Å². The highest BCUT2D eigenvalue weighted by Gasteiger charge is 2.57. The second-order valence-corrected chi connectivity index (χ2v) is 11.2. The van der Waals surface area contributed by atoms with Gasteiger partial charge in [-0.2, -0.15) is 0 Å². The van der Waals surface area contributed by atoms with E-state index in [0.717, 1.165) is 25.1 Å². The summed E-state index contributed by atoms with van der Waals surface area (Å²) in [5, 5.41) is 20.9. The fourth-order valence-corrected chi connectivity index (χ4v) is 7.19. The number of phenolic OH excluding ortho intramolecular Hbond substituents is 2. The van der Waals surface area contributed by atoms with E-state index in [1.807, 2.05) is 0 Å². The molecule has 6 rings (SSSR count). The highest BCUT2D eigenvalue weighted by atomic mass is 32.2. The lowest BCUT2D eigenvalue weighted by Gasteiger charge is -2.38. The number of phenols is 2. The Morgan fingerprint density at radius 2 is 1.43 bits per heavy atom. The van der Waals surface area contributed by atoms with E-state index < -0.39 is 88.7 Å². The van der Waals surface area contributed by atoms with E-state index >= 15 is 8.78 Å². The summed E-state index contributed by atoms with van der Waals surface area (Å²) < 4.78 is 112. The van der Waals surface area contributed by atoms with Crippen molar-refractivity contribution < 1.29 is 59.6 Å². The average molecular weight is 604 g/mol. The van der Waals surface area contributed by atoms with E-state index in [9.17, 15) is 41.4 Å². The first-order valence-electron chi connectivity index (χ1n) is 11.8. The highest BCUT2D eigenvalue weighted by molar-refractivity contribution is 7.91. The van der Waals surface area contributed by atoms with Gasteiger partial charge in [0.15, 0.2) is 34.7 Å². The first-order valence-corrected chi connectivity index (χ1v) is 13.2. The first kappa shape index (κ1) is 27.2. The molecule has 214 valence electrons. The van der Waals surface area contributed by atoms with Crippen LogP contribution in [0.25, 0.3) is 0 Å². The Balaban J connectivity index is 1.86. The van der Waals surface area contributed by atoms with Crippen LogP contribution in [0, 0.1) is 29.1 Å². The van der Waals surface area contributed by atoms with Crippen LogP contribution in [0.15, 0.2) is 58.3 Å². The standard InChI is InChI=1S/C28H13F5O8S/c1-10(34)18-15(36)9-17-19(25(18)42(38,39)26-23(32)21(30)20(29)22(31)24(26)33)28(14-7-6-11(35)8-16(14)40-17)13-5-3-2-4-12(13)27(37)41-28/h2-9,35-36H,1H3. The molecule has 42 heavy (non-hydrogen) atoms. The normalized spacial score (nSPS) is 16.9. The molecule has 0 aromatic heterocycles. The van der Waals surface area contributed by atoms with Gasteiger partial charge in [-0.3, -0.25) is 4.79 Å². The molecule has 2 heterocycles. The Labute approximate surface area is 232 Å². The lowest BCUT2D eigenvalue weighted by Crippen LogP contribution is -2.35. The minimum atomic E-state index is -5.99. The van der Waals surface area contributed by atoms with Gasteiger partial charge in [0.05, 0.1) is 21.6 Å². The molecule has 8 nitrogen and oxygen atoms in total. The molecule has 4 aromatic carbocycles. The Morgan fingerprint density at radius 3 is 2.07 bits per heavy atom.